The summed E-state index contributed by atoms with van der Waals surface area (Å²) in [7, 11) is 0. The first-order chi connectivity index (χ1) is 8.16. The van der Waals surface area contributed by atoms with Crippen molar-refractivity contribution in [1.82, 2.24) is 4.57 Å². The highest BCUT2D eigenvalue weighted by atomic mass is 16.5. The average molecular weight is 229 g/mol. The molecule has 0 radical (unpaired) electrons. The molecular formula is C14H15NO2. The second kappa shape index (κ2) is 4.87. The highest BCUT2D eigenvalue weighted by Crippen LogP contribution is 2.12. The van der Waals surface area contributed by atoms with Crippen LogP contribution < -0.4 is 0 Å². The van der Waals surface area contributed by atoms with Crippen molar-refractivity contribution in [3.05, 3.63) is 54.4 Å². The predicted octanol–water partition coefficient (Wildman–Crippen LogP) is 3.04. The fourth-order valence-corrected chi connectivity index (χ4v) is 1.58. The predicted molar refractivity (Wildman–Crippen MR) is 66.3 cm³/mol. The Hall–Kier alpha value is -2.03. The number of hydrogen-bond donors (Lipinski definition) is 0. The summed E-state index contributed by atoms with van der Waals surface area (Å²) in [4.78, 5) is 11.7. The van der Waals surface area contributed by atoms with E-state index in [0.29, 0.717) is 5.56 Å². The summed E-state index contributed by atoms with van der Waals surface area (Å²) in [6.07, 6.45) is 3.78. The van der Waals surface area contributed by atoms with E-state index in [9.17, 15) is 4.79 Å². The molecule has 1 aromatic carbocycles. The number of hydrogen-bond acceptors (Lipinski definition) is 2. The van der Waals surface area contributed by atoms with E-state index < -0.39 is 0 Å². The highest BCUT2D eigenvalue weighted by Gasteiger charge is 2.09. The van der Waals surface area contributed by atoms with E-state index in [0.717, 1.165) is 5.69 Å². The van der Waals surface area contributed by atoms with Crippen molar-refractivity contribution in [1.29, 1.82) is 0 Å². The van der Waals surface area contributed by atoms with Crippen molar-refractivity contribution >= 4 is 5.97 Å². The minimum absolute atomic E-state index is 0.0993. The Morgan fingerprint density at radius 3 is 2.53 bits per heavy atom. The lowest BCUT2D eigenvalue weighted by molar-refractivity contribution is 0.0378. The molecule has 88 valence electrons. The molecule has 17 heavy (non-hydrogen) atoms. The van der Waals surface area contributed by atoms with E-state index in [1.54, 1.807) is 6.07 Å². The van der Waals surface area contributed by atoms with Crippen LogP contribution in [0.4, 0.5) is 0 Å². The number of carbonyl (C=O) groups is 1. The van der Waals surface area contributed by atoms with Crippen LogP contribution in [0.25, 0.3) is 5.69 Å². The molecule has 0 fully saturated rings. The number of aromatic nitrogens is 1. The normalized spacial score (nSPS) is 10.5. The van der Waals surface area contributed by atoms with Gasteiger partial charge in [-0.15, -0.1) is 0 Å². The summed E-state index contributed by atoms with van der Waals surface area (Å²) in [5, 5.41) is 0. The van der Waals surface area contributed by atoms with Crippen LogP contribution in [0.3, 0.4) is 0 Å². The quantitative estimate of drug-likeness (QED) is 0.757. The zero-order valence-electron chi connectivity index (χ0n) is 9.96. The van der Waals surface area contributed by atoms with Crippen LogP contribution in [0.1, 0.15) is 24.2 Å². The van der Waals surface area contributed by atoms with Gasteiger partial charge in [-0.25, -0.2) is 4.79 Å². The van der Waals surface area contributed by atoms with E-state index in [4.69, 9.17) is 4.74 Å². The minimum atomic E-state index is -0.283. The van der Waals surface area contributed by atoms with Gasteiger partial charge in [-0.3, -0.25) is 0 Å². The largest absolute Gasteiger partial charge is 0.459 e. The second-order valence-corrected chi connectivity index (χ2v) is 4.09. The monoisotopic (exact) mass is 229 g/mol. The van der Waals surface area contributed by atoms with Gasteiger partial charge in [0.1, 0.15) is 0 Å². The summed E-state index contributed by atoms with van der Waals surface area (Å²) < 4.78 is 7.11. The molecule has 0 unspecified atom stereocenters. The van der Waals surface area contributed by atoms with Gasteiger partial charge in [0.15, 0.2) is 0 Å². The average Bonchev–Trinajstić information content (AvgIpc) is 2.82. The molecular weight excluding hydrogens is 214 g/mol. The molecule has 0 atom stereocenters. The van der Waals surface area contributed by atoms with Crippen molar-refractivity contribution in [3.63, 3.8) is 0 Å². The second-order valence-electron chi connectivity index (χ2n) is 4.09. The summed E-state index contributed by atoms with van der Waals surface area (Å²) in [5.74, 6) is -0.283. The van der Waals surface area contributed by atoms with Gasteiger partial charge in [-0.2, -0.15) is 0 Å². The first-order valence-electron chi connectivity index (χ1n) is 5.61. The maximum absolute atomic E-state index is 11.7. The maximum Gasteiger partial charge on any atom is 0.338 e. The third-order valence-electron chi connectivity index (χ3n) is 2.33. The van der Waals surface area contributed by atoms with E-state index in [-0.39, 0.29) is 12.1 Å². The van der Waals surface area contributed by atoms with Gasteiger partial charge in [-0.1, -0.05) is 6.07 Å². The number of ether oxygens (including phenoxy) is 1. The SMILES string of the molecule is CC(C)OC(=O)c1cccc(-n2cccc2)c1. The van der Waals surface area contributed by atoms with Gasteiger partial charge in [0.05, 0.1) is 11.7 Å². The molecule has 0 saturated carbocycles. The number of rotatable bonds is 3. The Bertz CT molecular complexity index is 501. The van der Waals surface area contributed by atoms with Gasteiger partial charge < -0.3 is 9.30 Å². The number of nitrogens with zero attached hydrogens (tertiary/aromatic N) is 1. The Morgan fingerprint density at radius 1 is 1.18 bits per heavy atom. The zero-order chi connectivity index (χ0) is 12.3. The summed E-state index contributed by atoms with van der Waals surface area (Å²) in [5.41, 5.74) is 1.53. The topological polar surface area (TPSA) is 31.2 Å². The molecule has 1 heterocycles. The van der Waals surface area contributed by atoms with Gasteiger partial charge in [0.25, 0.3) is 0 Å². The molecule has 2 rings (SSSR count). The third kappa shape index (κ3) is 2.75. The third-order valence-corrected chi connectivity index (χ3v) is 2.33. The van der Waals surface area contributed by atoms with Gasteiger partial charge in [0, 0.05) is 18.1 Å². The Kier molecular flexibility index (Phi) is 3.28. The fraction of sp³-hybridized carbons (Fsp3) is 0.214. The molecule has 2 aromatic rings. The van der Waals surface area contributed by atoms with Crippen molar-refractivity contribution < 1.29 is 9.53 Å². The molecule has 0 amide bonds. The van der Waals surface area contributed by atoms with Crippen LogP contribution in [0, 0.1) is 0 Å². The van der Waals surface area contributed by atoms with Gasteiger partial charge in [-0.05, 0) is 44.2 Å². The number of carbonyl (C=O) groups excluding carboxylic acids is 1. The smallest absolute Gasteiger partial charge is 0.338 e. The van der Waals surface area contributed by atoms with Crippen LogP contribution in [0.5, 0.6) is 0 Å². The van der Waals surface area contributed by atoms with Crippen LogP contribution >= 0.6 is 0 Å². The van der Waals surface area contributed by atoms with E-state index in [2.05, 4.69) is 0 Å². The van der Waals surface area contributed by atoms with Crippen LogP contribution in [0.15, 0.2) is 48.8 Å². The Morgan fingerprint density at radius 2 is 1.88 bits per heavy atom. The first-order valence-corrected chi connectivity index (χ1v) is 5.61. The van der Waals surface area contributed by atoms with Gasteiger partial charge >= 0.3 is 5.97 Å². The lowest BCUT2D eigenvalue weighted by Crippen LogP contribution is -2.11. The lowest BCUT2D eigenvalue weighted by Gasteiger charge is -2.09. The summed E-state index contributed by atoms with van der Waals surface area (Å²) in [6.45, 7) is 3.68. The summed E-state index contributed by atoms with van der Waals surface area (Å²) >= 11 is 0. The minimum Gasteiger partial charge on any atom is -0.459 e. The summed E-state index contributed by atoms with van der Waals surface area (Å²) in [6, 6.07) is 11.3. The van der Waals surface area contributed by atoms with Crippen molar-refractivity contribution in [2.45, 2.75) is 20.0 Å². The van der Waals surface area contributed by atoms with Crippen LogP contribution in [-0.2, 0) is 4.74 Å². The van der Waals surface area contributed by atoms with Crippen molar-refractivity contribution in [2.75, 3.05) is 0 Å². The Balaban J connectivity index is 2.26. The van der Waals surface area contributed by atoms with Crippen molar-refractivity contribution in [3.8, 4) is 5.69 Å². The number of benzene rings is 1. The van der Waals surface area contributed by atoms with E-state index in [1.165, 1.54) is 0 Å². The molecule has 0 aliphatic heterocycles. The first kappa shape index (κ1) is 11.5. The van der Waals surface area contributed by atoms with Crippen LogP contribution in [0.2, 0.25) is 0 Å². The molecule has 0 spiro atoms. The molecule has 0 N–H and O–H groups in total. The van der Waals surface area contributed by atoms with Gasteiger partial charge in [0.2, 0.25) is 0 Å². The standard InChI is InChI=1S/C14H15NO2/c1-11(2)17-14(16)12-6-5-7-13(10-12)15-8-3-4-9-15/h3-11H,1-2H3. The zero-order valence-corrected chi connectivity index (χ0v) is 9.96. The lowest BCUT2D eigenvalue weighted by atomic mass is 10.2. The molecule has 0 bridgehead atoms. The molecule has 0 saturated heterocycles. The number of esters is 1. The maximum atomic E-state index is 11.7. The molecule has 0 aliphatic rings. The van der Waals surface area contributed by atoms with E-state index in [1.807, 2.05) is 61.1 Å². The van der Waals surface area contributed by atoms with Crippen molar-refractivity contribution in [2.24, 2.45) is 0 Å². The molecule has 1 aromatic heterocycles. The van der Waals surface area contributed by atoms with Crippen LogP contribution in [-0.4, -0.2) is 16.6 Å². The highest BCUT2D eigenvalue weighted by molar-refractivity contribution is 5.90. The molecule has 0 aliphatic carbocycles. The van der Waals surface area contributed by atoms with E-state index >= 15 is 0 Å². The fourth-order valence-electron chi connectivity index (χ4n) is 1.58. The molecule has 3 nitrogen and oxygen atoms in total. The Labute approximate surface area is 101 Å². The molecule has 3 heteroatoms.